The predicted molar refractivity (Wildman–Crippen MR) is 58.0 cm³/mol. The van der Waals surface area contributed by atoms with Gasteiger partial charge in [0.2, 0.25) is 0 Å². The van der Waals surface area contributed by atoms with Gasteiger partial charge < -0.3 is 5.73 Å². The molecular formula is C11H13F3N2. The zero-order chi connectivity index (χ0) is 12.3. The smallest absolute Gasteiger partial charge is 0.325 e. The average molecular weight is 230 g/mol. The van der Waals surface area contributed by atoms with Crippen LogP contribution >= 0.6 is 0 Å². The van der Waals surface area contributed by atoms with Crippen molar-refractivity contribution in [1.29, 1.82) is 0 Å². The SMILES string of the molecule is C/C(CN)=N\c1cc(C(F)(F)F)ccc1C. The third kappa shape index (κ3) is 3.06. The minimum atomic E-state index is -4.34. The van der Waals surface area contributed by atoms with Crippen molar-refractivity contribution in [1.82, 2.24) is 0 Å². The van der Waals surface area contributed by atoms with Crippen LogP contribution in [0.25, 0.3) is 0 Å². The maximum absolute atomic E-state index is 12.4. The van der Waals surface area contributed by atoms with Crippen LogP contribution in [0.5, 0.6) is 0 Å². The van der Waals surface area contributed by atoms with Crippen molar-refractivity contribution in [3.8, 4) is 0 Å². The van der Waals surface area contributed by atoms with E-state index in [2.05, 4.69) is 4.99 Å². The van der Waals surface area contributed by atoms with Crippen LogP contribution in [0.4, 0.5) is 18.9 Å². The van der Waals surface area contributed by atoms with Crippen LogP contribution in [0.2, 0.25) is 0 Å². The van der Waals surface area contributed by atoms with Gasteiger partial charge in [-0.1, -0.05) is 6.07 Å². The first kappa shape index (κ1) is 12.7. The number of aryl methyl sites for hydroxylation is 1. The zero-order valence-corrected chi connectivity index (χ0v) is 9.10. The summed E-state index contributed by atoms with van der Waals surface area (Å²) >= 11 is 0. The monoisotopic (exact) mass is 230 g/mol. The van der Waals surface area contributed by atoms with Crippen LogP contribution in [0.15, 0.2) is 23.2 Å². The Hall–Kier alpha value is -1.36. The quantitative estimate of drug-likeness (QED) is 0.779. The maximum Gasteiger partial charge on any atom is 0.416 e. The van der Waals surface area contributed by atoms with Gasteiger partial charge in [0.25, 0.3) is 0 Å². The summed E-state index contributed by atoms with van der Waals surface area (Å²) in [5.41, 5.74) is 6.26. The Bertz CT molecular complexity index is 408. The maximum atomic E-state index is 12.4. The molecule has 2 nitrogen and oxygen atoms in total. The summed E-state index contributed by atoms with van der Waals surface area (Å²) in [7, 11) is 0. The molecule has 1 aromatic rings. The summed E-state index contributed by atoms with van der Waals surface area (Å²) in [5, 5.41) is 0. The molecule has 0 amide bonds. The molecule has 0 aliphatic heterocycles. The van der Waals surface area contributed by atoms with E-state index >= 15 is 0 Å². The van der Waals surface area contributed by atoms with Crippen molar-refractivity contribution >= 4 is 11.4 Å². The van der Waals surface area contributed by atoms with E-state index in [4.69, 9.17) is 5.73 Å². The fourth-order valence-electron chi connectivity index (χ4n) is 1.16. The molecule has 0 aromatic heterocycles. The van der Waals surface area contributed by atoms with Gasteiger partial charge in [-0.15, -0.1) is 0 Å². The highest BCUT2D eigenvalue weighted by molar-refractivity contribution is 5.86. The second kappa shape index (κ2) is 4.65. The predicted octanol–water partition coefficient (Wildman–Crippen LogP) is 3.06. The highest BCUT2D eigenvalue weighted by atomic mass is 19.4. The molecule has 0 aliphatic rings. The Balaban J connectivity index is 3.19. The normalized spacial score (nSPS) is 13.0. The van der Waals surface area contributed by atoms with Gasteiger partial charge in [0, 0.05) is 12.3 Å². The molecule has 5 heteroatoms. The molecule has 0 saturated carbocycles. The summed E-state index contributed by atoms with van der Waals surface area (Å²) in [5.74, 6) is 0. The number of aliphatic imine (C=N–C) groups is 1. The van der Waals surface area contributed by atoms with E-state index < -0.39 is 11.7 Å². The van der Waals surface area contributed by atoms with E-state index in [0.717, 1.165) is 12.1 Å². The first-order valence-electron chi connectivity index (χ1n) is 4.76. The Labute approximate surface area is 92.0 Å². The Morgan fingerprint density at radius 3 is 2.50 bits per heavy atom. The molecule has 0 spiro atoms. The van der Waals surface area contributed by atoms with E-state index in [1.165, 1.54) is 6.07 Å². The summed E-state index contributed by atoms with van der Waals surface area (Å²) in [6.07, 6.45) is -4.34. The standard InChI is InChI=1S/C11H13F3N2/c1-7-3-4-9(11(12,13)14)5-10(7)16-8(2)6-15/h3-5H,6,15H2,1-2H3/b16-8+. The minimum Gasteiger partial charge on any atom is -0.325 e. The van der Waals surface area contributed by atoms with Crippen LogP contribution < -0.4 is 5.73 Å². The average Bonchev–Trinajstić information content (AvgIpc) is 2.19. The molecule has 2 N–H and O–H groups in total. The highest BCUT2D eigenvalue weighted by Crippen LogP contribution is 2.32. The first-order valence-corrected chi connectivity index (χ1v) is 4.76. The molecule has 0 saturated heterocycles. The number of halogens is 3. The summed E-state index contributed by atoms with van der Waals surface area (Å²) < 4.78 is 37.3. The summed E-state index contributed by atoms with van der Waals surface area (Å²) in [6.45, 7) is 3.62. The fraction of sp³-hybridized carbons (Fsp3) is 0.364. The summed E-state index contributed by atoms with van der Waals surface area (Å²) in [4.78, 5) is 4.04. The lowest BCUT2D eigenvalue weighted by Gasteiger charge is -2.09. The van der Waals surface area contributed by atoms with E-state index in [-0.39, 0.29) is 6.54 Å². The Kier molecular flexibility index (Phi) is 3.70. The Morgan fingerprint density at radius 1 is 1.38 bits per heavy atom. The van der Waals surface area contributed by atoms with Gasteiger partial charge in [-0.25, -0.2) is 0 Å². The van der Waals surface area contributed by atoms with Crippen LogP contribution in [-0.4, -0.2) is 12.3 Å². The van der Waals surface area contributed by atoms with Crippen molar-refractivity contribution in [2.75, 3.05) is 6.54 Å². The summed E-state index contributed by atoms with van der Waals surface area (Å²) in [6, 6.07) is 3.49. The van der Waals surface area contributed by atoms with Crippen molar-refractivity contribution in [2.45, 2.75) is 20.0 Å². The highest BCUT2D eigenvalue weighted by Gasteiger charge is 2.30. The number of hydrogen-bond donors (Lipinski definition) is 1. The first-order chi connectivity index (χ1) is 7.34. The molecule has 0 aliphatic carbocycles. The van der Waals surface area contributed by atoms with Gasteiger partial charge in [-0.2, -0.15) is 13.2 Å². The third-order valence-corrected chi connectivity index (χ3v) is 2.14. The number of alkyl halides is 3. The van der Waals surface area contributed by atoms with Crippen LogP contribution in [-0.2, 0) is 6.18 Å². The molecule has 1 rings (SSSR count). The van der Waals surface area contributed by atoms with Crippen molar-refractivity contribution in [3.05, 3.63) is 29.3 Å². The van der Waals surface area contributed by atoms with Gasteiger partial charge in [-0.3, -0.25) is 4.99 Å². The molecule has 88 valence electrons. The third-order valence-electron chi connectivity index (χ3n) is 2.14. The second-order valence-corrected chi connectivity index (χ2v) is 3.55. The van der Waals surface area contributed by atoms with Gasteiger partial charge in [0.15, 0.2) is 0 Å². The fourth-order valence-corrected chi connectivity index (χ4v) is 1.16. The van der Waals surface area contributed by atoms with Crippen LogP contribution in [0.3, 0.4) is 0 Å². The molecular weight excluding hydrogens is 217 g/mol. The van der Waals surface area contributed by atoms with E-state index in [1.807, 2.05) is 0 Å². The molecule has 16 heavy (non-hydrogen) atoms. The number of nitrogens with two attached hydrogens (primary N) is 1. The minimum absolute atomic E-state index is 0.232. The zero-order valence-electron chi connectivity index (χ0n) is 9.10. The molecule has 1 aromatic carbocycles. The van der Waals surface area contributed by atoms with E-state index in [9.17, 15) is 13.2 Å². The molecule has 0 radical (unpaired) electrons. The molecule has 0 unspecified atom stereocenters. The van der Waals surface area contributed by atoms with Gasteiger partial charge in [-0.05, 0) is 31.5 Å². The largest absolute Gasteiger partial charge is 0.416 e. The lowest BCUT2D eigenvalue weighted by atomic mass is 10.1. The molecule has 0 fully saturated rings. The van der Waals surface area contributed by atoms with Gasteiger partial charge in [0.05, 0.1) is 11.3 Å². The second-order valence-electron chi connectivity index (χ2n) is 3.55. The van der Waals surface area contributed by atoms with Crippen LogP contribution in [0.1, 0.15) is 18.1 Å². The van der Waals surface area contributed by atoms with E-state index in [1.54, 1.807) is 13.8 Å². The lowest BCUT2D eigenvalue weighted by Crippen LogP contribution is -2.09. The van der Waals surface area contributed by atoms with Crippen molar-refractivity contribution in [3.63, 3.8) is 0 Å². The van der Waals surface area contributed by atoms with Gasteiger partial charge in [0.1, 0.15) is 0 Å². The Morgan fingerprint density at radius 2 is 2.00 bits per heavy atom. The van der Waals surface area contributed by atoms with Gasteiger partial charge >= 0.3 is 6.18 Å². The number of benzene rings is 1. The number of nitrogens with zero attached hydrogens (tertiary/aromatic N) is 1. The topological polar surface area (TPSA) is 38.4 Å². The lowest BCUT2D eigenvalue weighted by molar-refractivity contribution is -0.137. The van der Waals surface area contributed by atoms with Crippen molar-refractivity contribution in [2.24, 2.45) is 10.7 Å². The number of rotatable bonds is 2. The number of hydrogen-bond acceptors (Lipinski definition) is 2. The van der Waals surface area contributed by atoms with Crippen LogP contribution in [0, 0.1) is 6.92 Å². The molecule has 0 heterocycles. The molecule has 0 atom stereocenters. The molecule has 0 bridgehead atoms. The van der Waals surface area contributed by atoms with E-state index in [0.29, 0.717) is 17.0 Å². The van der Waals surface area contributed by atoms with Crippen molar-refractivity contribution < 1.29 is 13.2 Å².